The lowest BCUT2D eigenvalue weighted by atomic mass is 10.4. The molecule has 0 aromatic carbocycles. The van der Waals surface area contributed by atoms with E-state index in [2.05, 4.69) is 10.9 Å². The fourth-order valence-electron chi connectivity index (χ4n) is 0.0747. The quantitative estimate of drug-likeness (QED) is 0.475. The van der Waals surface area contributed by atoms with Crippen LogP contribution in [0.2, 0.25) is 0 Å². The van der Waals surface area contributed by atoms with E-state index >= 15 is 0 Å². The van der Waals surface area contributed by atoms with Gasteiger partial charge in [0.15, 0.2) is 0 Å². The van der Waals surface area contributed by atoms with Crippen LogP contribution in [0.4, 0.5) is 0 Å². The third kappa shape index (κ3) is 18.5. The first-order valence-electron chi connectivity index (χ1n) is 2.79. The van der Waals surface area contributed by atoms with Crippen molar-refractivity contribution >= 4 is 22.5 Å². The van der Waals surface area contributed by atoms with Crippen molar-refractivity contribution in [3.8, 4) is 0 Å². The summed E-state index contributed by atoms with van der Waals surface area (Å²) in [5, 5.41) is 7.89. The lowest BCUT2D eigenvalue weighted by molar-refractivity contribution is -0.132. The molecule has 0 bridgehead atoms. The molecule has 3 N–H and O–H groups in total. The highest BCUT2D eigenvalue weighted by Gasteiger charge is 1.93. The van der Waals surface area contributed by atoms with Crippen molar-refractivity contribution in [2.24, 2.45) is 0 Å². The predicted octanol–water partition coefficient (Wildman–Crippen LogP) is 0.414. The maximum Gasteiger partial charge on any atom is 0.330 e. The highest BCUT2D eigenvalue weighted by atomic mass is 31.2. The molecule has 0 saturated carbocycles. The summed E-state index contributed by atoms with van der Waals surface area (Å²) in [4.78, 5) is 25.0. The van der Waals surface area contributed by atoms with Gasteiger partial charge in [-0.25, -0.2) is 9.11 Å². The van der Waals surface area contributed by atoms with E-state index in [0.717, 1.165) is 0 Å². The van der Waals surface area contributed by atoms with Crippen LogP contribution in [0.3, 0.4) is 0 Å². The topological polar surface area (TPSA) is 121 Å². The molecule has 0 aromatic rings. The van der Waals surface area contributed by atoms with E-state index in [1.165, 1.54) is 6.92 Å². The van der Waals surface area contributed by atoms with Crippen LogP contribution in [-0.2, 0) is 18.2 Å². The molecule has 0 radical (unpaired) electrons. The van der Waals surface area contributed by atoms with Gasteiger partial charge in [-0.3, -0.25) is 9.13 Å². The lowest BCUT2D eigenvalue weighted by Gasteiger charge is -1.86. The number of rotatable bonds is 3. The summed E-state index contributed by atoms with van der Waals surface area (Å²) in [6.45, 7) is 4.60. The summed E-state index contributed by atoms with van der Waals surface area (Å²) in [6.07, 6.45) is 0. The van der Waals surface area contributed by atoms with Crippen LogP contribution in [0.15, 0.2) is 12.2 Å². The lowest BCUT2D eigenvalue weighted by Crippen LogP contribution is -1.92. The standard InChI is InChI=1S/C4H6O2.H4O5P2/c1-3(2)4(5)6;1-6(2)5-7(3)4/h1H2,2H3,(H,5,6);6-7H,(H,1,2)(H,3,4). The molecule has 2 atom stereocenters. The molecule has 0 fully saturated rings. The average Bonchev–Trinajstić information content (AvgIpc) is 1.84. The van der Waals surface area contributed by atoms with Crippen LogP contribution < -0.4 is 0 Å². The average molecular weight is 232 g/mol. The molecule has 0 heterocycles. The predicted molar refractivity (Wildman–Crippen MR) is 46.0 cm³/mol. The van der Waals surface area contributed by atoms with E-state index in [1.807, 2.05) is 0 Å². The van der Waals surface area contributed by atoms with Gasteiger partial charge in [-0.15, -0.1) is 0 Å². The molecule has 0 aliphatic carbocycles. The molecular weight excluding hydrogens is 222 g/mol. The summed E-state index contributed by atoms with van der Waals surface area (Å²) in [5.74, 6) is -0.935. The second-order valence-electron chi connectivity index (χ2n) is 1.72. The van der Waals surface area contributed by atoms with Crippen molar-refractivity contribution in [2.75, 3.05) is 0 Å². The second-order valence-corrected chi connectivity index (χ2v) is 3.60. The molecular formula is C4H10O7P2. The smallest absolute Gasteiger partial charge is 0.330 e. The van der Waals surface area contributed by atoms with Crippen LogP contribution >= 0.6 is 16.5 Å². The molecule has 7 nitrogen and oxygen atoms in total. The summed E-state index contributed by atoms with van der Waals surface area (Å²) in [7, 11) is -6.40. The normalized spacial score (nSPS) is 13.5. The molecule has 0 amide bonds. The van der Waals surface area contributed by atoms with Crippen molar-refractivity contribution in [3.05, 3.63) is 12.2 Å². The highest BCUT2D eigenvalue weighted by molar-refractivity contribution is 7.46. The van der Waals surface area contributed by atoms with Crippen molar-refractivity contribution in [1.82, 2.24) is 0 Å². The van der Waals surface area contributed by atoms with E-state index in [-0.39, 0.29) is 5.57 Å². The molecule has 78 valence electrons. The summed E-state index contributed by atoms with van der Waals surface area (Å²) in [6, 6.07) is 0. The van der Waals surface area contributed by atoms with Crippen molar-refractivity contribution in [2.45, 2.75) is 6.92 Å². The Morgan fingerprint density at radius 1 is 1.31 bits per heavy atom. The maximum absolute atomic E-state index is 9.60. The molecule has 2 unspecified atom stereocenters. The molecule has 0 aromatic heterocycles. The molecule has 0 spiro atoms. The summed E-state index contributed by atoms with van der Waals surface area (Å²) in [5.41, 5.74) is 0.176. The van der Waals surface area contributed by atoms with E-state index in [0.29, 0.717) is 0 Å². The van der Waals surface area contributed by atoms with Gasteiger partial charge in [0.2, 0.25) is 0 Å². The van der Waals surface area contributed by atoms with Gasteiger partial charge in [0.1, 0.15) is 0 Å². The Kier molecular flexibility index (Phi) is 9.44. The largest absolute Gasteiger partial charge is 0.478 e. The van der Waals surface area contributed by atoms with Gasteiger partial charge in [-0.2, -0.15) is 0 Å². The molecule has 0 saturated heterocycles. The minimum absolute atomic E-state index is 0.176. The van der Waals surface area contributed by atoms with E-state index in [4.69, 9.17) is 14.9 Å². The highest BCUT2D eigenvalue weighted by Crippen LogP contribution is 2.30. The zero-order chi connectivity index (χ0) is 11.0. The van der Waals surface area contributed by atoms with Gasteiger partial charge < -0.3 is 14.9 Å². The number of carboxylic acids is 1. The number of carbonyl (C=O) groups is 1. The Bertz CT molecular complexity index is 211. The van der Waals surface area contributed by atoms with Gasteiger partial charge in [0.05, 0.1) is 0 Å². The first kappa shape index (κ1) is 15.0. The van der Waals surface area contributed by atoms with Crippen LogP contribution in [0.1, 0.15) is 6.92 Å². The number of hydrogen-bond donors (Lipinski definition) is 3. The third-order valence-corrected chi connectivity index (χ3v) is 1.94. The summed E-state index contributed by atoms with van der Waals surface area (Å²) >= 11 is 0. The molecule has 0 aliphatic heterocycles. The monoisotopic (exact) mass is 232 g/mol. The maximum atomic E-state index is 9.60. The first-order chi connectivity index (χ1) is 5.77. The number of aliphatic carboxylic acids is 1. The fraction of sp³-hybridized carbons (Fsp3) is 0.250. The molecule has 13 heavy (non-hydrogen) atoms. The SMILES string of the molecule is C=C(C)C(=O)O.O=[PH](O)O[PH](=O)O. The fourth-order valence-corrected chi connectivity index (χ4v) is 0.672. The Labute approximate surface area is 75.6 Å². The van der Waals surface area contributed by atoms with Crippen molar-refractivity contribution in [1.29, 1.82) is 0 Å². The Morgan fingerprint density at radius 3 is 1.54 bits per heavy atom. The minimum Gasteiger partial charge on any atom is -0.478 e. The van der Waals surface area contributed by atoms with Crippen LogP contribution in [-0.4, -0.2) is 20.9 Å². The Hall–Kier alpha value is -0.450. The van der Waals surface area contributed by atoms with Gasteiger partial charge in [-0.05, 0) is 6.92 Å². The minimum atomic E-state index is -3.20. The number of carboxylic acid groups (broad SMARTS) is 1. The molecule has 0 aliphatic rings. The van der Waals surface area contributed by atoms with Gasteiger partial charge in [0, 0.05) is 5.57 Å². The van der Waals surface area contributed by atoms with Crippen molar-refractivity contribution < 1.29 is 33.1 Å². The molecule has 0 rings (SSSR count). The van der Waals surface area contributed by atoms with E-state index in [9.17, 15) is 13.9 Å². The first-order valence-corrected chi connectivity index (χ1v) is 5.32. The van der Waals surface area contributed by atoms with Gasteiger partial charge in [-0.1, -0.05) is 6.58 Å². The van der Waals surface area contributed by atoms with Gasteiger partial charge >= 0.3 is 22.5 Å². The van der Waals surface area contributed by atoms with Crippen LogP contribution in [0.5, 0.6) is 0 Å². The Morgan fingerprint density at radius 2 is 1.54 bits per heavy atom. The van der Waals surface area contributed by atoms with E-state index in [1.54, 1.807) is 0 Å². The van der Waals surface area contributed by atoms with Crippen LogP contribution in [0.25, 0.3) is 0 Å². The van der Waals surface area contributed by atoms with E-state index < -0.39 is 22.5 Å². The van der Waals surface area contributed by atoms with Gasteiger partial charge in [0.25, 0.3) is 0 Å². The zero-order valence-corrected chi connectivity index (χ0v) is 8.68. The summed E-state index contributed by atoms with van der Waals surface area (Å²) < 4.78 is 22.3. The Balaban J connectivity index is 0. The van der Waals surface area contributed by atoms with Crippen LogP contribution in [0, 0.1) is 0 Å². The second kappa shape index (κ2) is 8.16. The van der Waals surface area contributed by atoms with Crippen molar-refractivity contribution in [3.63, 3.8) is 0 Å². The zero-order valence-electron chi connectivity index (χ0n) is 6.68. The molecule has 9 heteroatoms. The third-order valence-electron chi connectivity index (χ3n) is 0.540. The number of hydrogen-bond acceptors (Lipinski definition) is 4.